The maximum atomic E-state index is 12.0. The number of aromatic nitrogens is 4. The van der Waals surface area contributed by atoms with Gasteiger partial charge in [-0.3, -0.25) is 4.68 Å². The van der Waals surface area contributed by atoms with Gasteiger partial charge in [-0.2, -0.15) is 10.1 Å². The summed E-state index contributed by atoms with van der Waals surface area (Å²) in [7, 11) is -1.50. The molecule has 0 aliphatic heterocycles. The molecule has 4 aromatic rings. The summed E-state index contributed by atoms with van der Waals surface area (Å²) in [6, 6.07) is 12.5. The van der Waals surface area contributed by atoms with Crippen molar-refractivity contribution in [2.24, 2.45) is 7.05 Å². The maximum Gasteiger partial charge on any atom is 0.229 e. The van der Waals surface area contributed by atoms with E-state index in [4.69, 9.17) is 0 Å². The van der Waals surface area contributed by atoms with Gasteiger partial charge in [-0.05, 0) is 46.3 Å². The fourth-order valence-electron chi connectivity index (χ4n) is 2.91. The number of nitrogens with zero attached hydrogens (tertiary/aromatic N) is 4. The monoisotopic (exact) mass is 472 g/mol. The molecule has 0 radical (unpaired) electrons. The molecule has 148 valence electrons. The van der Waals surface area contributed by atoms with Crippen LogP contribution >= 0.6 is 15.9 Å². The van der Waals surface area contributed by atoms with Crippen LogP contribution in [-0.4, -0.2) is 34.4 Å². The van der Waals surface area contributed by atoms with E-state index in [2.05, 4.69) is 41.6 Å². The molecule has 0 aliphatic carbocycles. The van der Waals surface area contributed by atoms with E-state index < -0.39 is 9.84 Å². The summed E-state index contributed by atoms with van der Waals surface area (Å²) in [5.41, 5.74) is 2.28. The summed E-state index contributed by atoms with van der Waals surface area (Å²) in [6.07, 6.45) is 4.56. The second-order valence-corrected chi connectivity index (χ2v) is 9.29. The van der Waals surface area contributed by atoms with Gasteiger partial charge in [0.25, 0.3) is 0 Å². The summed E-state index contributed by atoms with van der Waals surface area (Å²) in [6.45, 7) is 0. The molecular formula is C19H17BrN6O2S. The molecule has 2 aromatic carbocycles. The smallest absolute Gasteiger partial charge is 0.229 e. The quantitative estimate of drug-likeness (QED) is 0.452. The van der Waals surface area contributed by atoms with E-state index in [1.807, 2.05) is 25.2 Å². The third-order valence-electron chi connectivity index (χ3n) is 4.29. The Morgan fingerprint density at radius 1 is 1.07 bits per heavy atom. The van der Waals surface area contributed by atoms with Gasteiger partial charge >= 0.3 is 0 Å². The van der Waals surface area contributed by atoms with Crippen molar-refractivity contribution in [3.63, 3.8) is 0 Å². The molecule has 0 spiro atoms. The normalized spacial score (nSPS) is 11.6. The minimum atomic E-state index is -3.39. The zero-order valence-electron chi connectivity index (χ0n) is 15.6. The van der Waals surface area contributed by atoms with Crippen LogP contribution in [0, 0.1) is 0 Å². The number of para-hydroxylation sites is 1. The summed E-state index contributed by atoms with van der Waals surface area (Å²) < 4.78 is 26.5. The van der Waals surface area contributed by atoms with Gasteiger partial charge < -0.3 is 10.6 Å². The first-order chi connectivity index (χ1) is 13.8. The summed E-state index contributed by atoms with van der Waals surface area (Å²) >= 11 is 3.41. The van der Waals surface area contributed by atoms with Crippen LogP contribution in [0.4, 0.5) is 23.1 Å². The van der Waals surface area contributed by atoms with E-state index >= 15 is 0 Å². The first-order valence-electron chi connectivity index (χ1n) is 8.59. The van der Waals surface area contributed by atoms with Gasteiger partial charge in [0.2, 0.25) is 5.95 Å². The second-order valence-electron chi connectivity index (χ2n) is 6.45. The van der Waals surface area contributed by atoms with Gasteiger partial charge in [0.15, 0.2) is 9.84 Å². The highest BCUT2D eigenvalue weighted by atomic mass is 79.9. The third kappa shape index (κ3) is 4.08. The van der Waals surface area contributed by atoms with E-state index in [0.29, 0.717) is 21.9 Å². The van der Waals surface area contributed by atoms with Crippen LogP contribution in [0.3, 0.4) is 0 Å². The molecule has 10 heteroatoms. The Kier molecular flexibility index (Phi) is 4.97. The van der Waals surface area contributed by atoms with Crippen molar-refractivity contribution >= 4 is 59.8 Å². The Labute approximate surface area is 176 Å². The van der Waals surface area contributed by atoms with E-state index in [-0.39, 0.29) is 4.90 Å². The van der Waals surface area contributed by atoms with Crippen LogP contribution < -0.4 is 10.6 Å². The van der Waals surface area contributed by atoms with Crippen molar-refractivity contribution in [2.45, 2.75) is 4.90 Å². The largest absolute Gasteiger partial charge is 0.338 e. The Bertz CT molecular complexity index is 1320. The standard InChI is InChI=1S/C19H17BrN6O2S/c1-26-16-8-7-13(9-12(16)10-22-26)23-19-21-11-14(20)18(25-19)24-15-5-3-4-6-17(15)29(2,27)28/h3-11H,1-2H3,(H2,21,23,24,25). The van der Waals surface area contributed by atoms with Crippen molar-refractivity contribution in [3.05, 3.63) is 59.3 Å². The van der Waals surface area contributed by atoms with Crippen molar-refractivity contribution in [2.75, 3.05) is 16.9 Å². The van der Waals surface area contributed by atoms with Crippen LogP contribution in [0.15, 0.2) is 64.2 Å². The Balaban J connectivity index is 1.64. The van der Waals surface area contributed by atoms with Gasteiger partial charge in [0, 0.05) is 30.6 Å². The van der Waals surface area contributed by atoms with Gasteiger partial charge in [-0.15, -0.1) is 0 Å². The number of rotatable bonds is 5. The molecule has 2 aromatic heterocycles. The molecule has 0 atom stereocenters. The molecule has 8 nitrogen and oxygen atoms in total. The lowest BCUT2D eigenvalue weighted by Gasteiger charge is -2.13. The van der Waals surface area contributed by atoms with Crippen molar-refractivity contribution in [1.82, 2.24) is 19.7 Å². The highest BCUT2D eigenvalue weighted by molar-refractivity contribution is 9.10. The average molecular weight is 473 g/mol. The van der Waals surface area contributed by atoms with Gasteiger partial charge in [0.05, 0.1) is 26.8 Å². The first kappa shape index (κ1) is 19.3. The molecule has 0 saturated heterocycles. The minimum Gasteiger partial charge on any atom is -0.338 e. The highest BCUT2D eigenvalue weighted by Gasteiger charge is 2.15. The van der Waals surface area contributed by atoms with Crippen LogP contribution in [0.1, 0.15) is 0 Å². The van der Waals surface area contributed by atoms with Crippen LogP contribution in [0.2, 0.25) is 0 Å². The molecule has 0 unspecified atom stereocenters. The number of halogens is 1. The lowest BCUT2D eigenvalue weighted by atomic mass is 10.2. The van der Waals surface area contributed by atoms with Crippen LogP contribution in [0.5, 0.6) is 0 Å². The van der Waals surface area contributed by atoms with Gasteiger partial charge in [-0.1, -0.05) is 12.1 Å². The molecular weight excluding hydrogens is 456 g/mol. The molecule has 4 rings (SSSR count). The molecule has 29 heavy (non-hydrogen) atoms. The van der Waals surface area contributed by atoms with Gasteiger partial charge in [0.1, 0.15) is 5.82 Å². The van der Waals surface area contributed by atoms with Crippen molar-refractivity contribution in [1.29, 1.82) is 0 Å². The Morgan fingerprint density at radius 3 is 2.66 bits per heavy atom. The van der Waals surface area contributed by atoms with Crippen molar-refractivity contribution in [3.8, 4) is 0 Å². The summed E-state index contributed by atoms with van der Waals surface area (Å²) in [5, 5.41) is 11.5. The molecule has 0 saturated carbocycles. The van der Waals surface area contributed by atoms with Gasteiger partial charge in [-0.25, -0.2) is 13.4 Å². The number of anilines is 4. The second kappa shape index (κ2) is 7.45. The van der Waals surface area contributed by atoms with E-state index in [0.717, 1.165) is 16.6 Å². The molecule has 0 amide bonds. The first-order valence-corrected chi connectivity index (χ1v) is 11.3. The fraction of sp³-hybridized carbons (Fsp3) is 0.105. The number of hydrogen-bond donors (Lipinski definition) is 2. The molecule has 2 heterocycles. The Morgan fingerprint density at radius 2 is 1.86 bits per heavy atom. The number of nitrogens with one attached hydrogen (secondary N) is 2. The zero-order chi connectivity index (χ0) is 20.6. The fourth-order valence-corrected chi connectivity index (χ4v) is 4.04. The SMILES string of the molecule is Cn1ncc2cc(Nc3ncc(Br)c(Nc4ccccc4S(C)(=O)=O)n3)ccc21. The maximum absolute atomic E-state index is 12.0. The van der Waals surface area contributed by atoms with Crippen molar-refractivity contribution < 1.29 is 8.42 Å². The molecule has 2 N–H and O–H groups in total. The molecule has 0 aliphatic rings. The lowest BCUT2D eigenvalue weighted by molar-refractivity contribution is 0.602. The number of fused-ring (bicyclic) bond motifs is 1. The van der Waals surface area contributed by atoms with E-state index in [1.54, 1.807) is 41.3 Å². The predicted octanol–water partition coefficient (Wildman–Crippen LogP) is 4.02. The highest BCUT2D eigenvalue weighted by Crippen LogP contribution is 2.29. The summed E-state index contributed by atoms with van der Waals surface area (Å²) in [5.74, 6) is 0.817. The zero-order valence-corrected chi connectivity index (χ0v) is 18.0. The van der Waals surface area contributed by atoms with Crippen LogP contribution in [-0.2, 0) is 16.9 Å². The lowest BCUT2D eigenvalue weighted by Crippen LogP contribution is -2.05. The Hall–Kier alpha value is -2.98. The number of hydrogen-bond acceptors (Lipinski definition) is 7. The number of sulfone groups is 1. The van der Waals surface area contributed by atoms with E-state index in [1.165, 1.54) is 6.26 Å². The predicted molar refractivity (Wildman–Crippen MR) is 117 cm³/mol. The summed E-state index contributed by atoms with van der Waals surface area (Å²) in [4.78, 5) is 8.96. The number of aryl methyl sites for hydroxylation is 1. The van der Waals surface area contributed by atoms with Crippen LogP contribution in [0.25, 0.3) is 10.9 Å². The van der Waals surface area contributed by atoms with E-state index in [9.17, 15) is 8.42 Å². The minimum absolute atomic E-state index is 0.196. The average Bonchev–Trinajstić information content (AvgIpc) is 3.04. The molecule has 0 fully saturated rings. The topological polar surface area (TPSA) is 102 Å². The third-order valence-corrected chi connectivity index (χ3v) is 6.02. The number of benzene rings is 2. The molecule has 0 bridgehead atoms.